The van der Waals surface area contributed by atoms with E-state index in [0.29, 0.717) is 24.4 Å². The zero-order valence-electron chi connectivity index (χ0n) is 17.3. The van der Waals surface area contributed by atoms with E-state index in [2.05, 4.69) is 4.98 Å². The third-order valence-corrected chi connectivity index (χ3v) is 7.06. The number of imidazole rings is 1. The Kier molecular flexibility index (Phi) is 4.29. The number of anilines is 1. The Hall–Kier alpha value is -3.65. The van der Waals surface area contributed by atoms with E-state index in [1.165, 1.54) is 11.3 Å². The predicted octanol–water partition coefficient (Wildman–Crippen LogP) is 3.70. The van der Waals surface area contributed by atoms with Crippen LogP contribution in [0.5, 0.6) is 5.75 Å². The molecule has 0 aliphatic carbocycles. The van der Waals surface area contributed by atoms with Crippen LogP contribution in [0.2, 0.25) is 0 Å². The topological polar surface area (TPSA) is 67.2 Å². The SMILES string of the molecule is COc1ccc(-c2ccccc2)cc1N1C(=O)[C@@H]2C[C@H]1CN2C(=O)c1cn2ccsc2n1. The van der Waals surface area contributed by atoms with Gasteiger partial charge in [0.25, 0.3) is 5.91 Å². The zero-order chi connectivity index (χ0) is 21.8. The minimum absolute atomic E-state index is 0.0702. The van der Waals surface area contributed by atoms with Crippen molar-refractivity contribution >= 4 is 33.8 Å². The van der Waals surface area contributed by atoms with Gasteiger partial charge in [-0.2, -0.15) is 0 Å². The summed E-state index contributed by atoms with van der Waals surface area (Å²) in [6, 6.07) is 15.4. The molecule has 2 aliphatic rings. The smallest absolute Gasteiger partial charge is 0.274 e. The molecule has 2 saturated heterocycles. The first kappa shape index (κ1) is 19.1. The first-order valence-corrected chi connectivity index (χ1v) is 11.3. The molecule has 32 heavy (non-hydrogen) atoms. The van der Waals surface area contributed by atoms with Gasteiger partial charge in [-0.15, -0.1) is 11.3 Å². The monoisotopic (exact) mass is 444 g/mol. The zero-order valence-corrected chi connectivity index (χ0v) is 18.2. The molecule has 2 aromatic carbocycles. The summed E-state index contributed by atoms with van der Waals surface area (Å²) < 4.78 is 7.42. The third-order valence-electron chi connectivity index (χ3n) is 6.29. The van der Waals surface area contributed by atoms with Gasteiger partial charge in [-0.3, -0.25) is 14.0 Å². The molecule has 2 bridgehead atoms. The summed E-state index contributed by atoms with van der Waals surface area (Å²) in [6.07, 6.45) is 4.22. The molecule has 7 nitrogen and oxygen atoms in total. The maximum atomic E-state index is 13.4. The molecule has 2 aromatic heterocycles. The molecule has 2 amide bonds. The minimum Gasteiger partial charge on any atom is -0.495 e. The average Bonchev–Trinajstić information content (AvgIpc) is 3.59. The van der Waals surface area contributed by atoms with Crippen molar-refractivity contribution in [1.82, 2.24) is 14.3 Å². The van der Waals surface area contributed by atoms with Gasteiger partial charge in [0.15, 0.2) is 4.96 Å². The average molecular weight is 445 g/mol. The Labute approximate surface area is 188 Å². The number of aromatic nitrogens is 2. The second kappa shape index (κ2) is 7.20. The summed E-state index contributed by atoms with van der Waals surface area (Å²) in [4.78, 5) is 35.2. The normalized spacial score (nSPS) is 19.8. The number of fused-ring (bicyclic) bond motifs is 3. The number of carbonyl (C=O) groups is 2. The van der Waals surface area contributed by atoms with Gasteiger partial charge in [0.2, 0.25) is 5.91 Å². The molecule has 8 heteroatoms. The number of carbonyl (C=O) groups excluding carboxylic acids is 2. The Morgan fingerprint density at radius 1 is 1.16 bits per heavy atom. The van der Waals surface area contributed by atoms with E-state index in [4.69, 9.17) is 4.74 Å². The van der Waals surface area contributed by atoms with Crippen LogP contribution in [0.25, 0.3) is 16.1 Å². The number of amides is 2. The molecular formula is C24H20N4O3S. The Morgan fingerprint density at radius 2 is 2.00 bits per heavy atom. The van der Waals surface area contributed by atoms with Crippen LogP contribution in [0.3, 0.4) is 0 Å². The summed E-state index contributed by atoms with van der Waals surface area (Å²) in [5, 5.41) is 1.92. The molecule has 0 radical (unpaired) electrons. The number of thiazole rings is 1. The molecule has 6 rings (SSSR count). The van der Waals surface area contributed by atoms with Crippen molar-refractivity contribution in [2.24, 2.45) is 0 Å². The van der Waals surface area contributed by atoms with E-state index >= 15 is 0 Å². The van der Waals surface area contributed by atoms with Crippen molar-refractivity contribution in [3.8, 4) is 16.9 Å². The lowest BCUT2D eigenvalue weighted by Crippen LogP contribution is -2.52. The van der Waals surface area contributed by atoms with Crippen molar-refractivity contribution in [3.05, 3.63) is 72.0 Å². The molecule has 2 fully saturated rings. The van der Waals surface area contributed by atoms with Crippen LogP contribution in [0.15, 0.2) is 66.3 Å². The summed E-state index contributed by atoms with van der Waals surface area (Å²) in [6.45, 7) is 0.485. The Bertz CT molecular complexity index is 1320. The first-order chi connectivity index (χ1) is 15.6. The van der Waals surface area contributed by atoms with Crippen molar-refractivity contribution in [1.29, 1.82) is 0 Å². The molecule has 0 saturated carbocycles. The van der Waals surface area contributed by atoms with E-state index in [-0.39, 0.29) is 17.9 Å². The van der Waals surface area contributed by atoms with Gasteiger partial charge in [0.1, 0.15) is 17.5 Å². The molecule has 0 unspecified atom stereocenters. The van der Waals surface area contributed by atoms with Crippen LogP contribution < -0.4 is 9.64 Å². The predicted molar refractivity (Wildman–Crippen MR) is 122 cm³/mol. The maximum Gasteiger partial charge on any atom is 0.274 e. The van der Waals surface area contributed by atoms with E-state index < -0.39 is 6.04 Å². The van der Waals surface area contributed by atoms with Gasteiger partial charge in [0.05, 0.1) is 18.8 Å². The van der Waals surface area contributed by atoms with Gasteiger partial charge in [0, 0.05) is 24.3 Å². The number of nitrogens with zero attached hydrogens (tertiary/aromatic N) is 4. The van der Waals surface area contributed by atoms with Crippen LogP contribution in [-0.4, -0.2) is 51.8 Å². The fourth-order valence-corrected chi connectivity index (χ4v) is 5.48. The van der Waals surface area contributed by atoms with E-state index in [1.807, 2.05) is 69.4 Å². The quantitative estimate of drug-likeness (QED) is 0.481. The van der Waals surface area contributed by atoms with E-state index in [0.717, 1.165) is 21.8 Å². The number of hydrogen-bond acceptors (Lipinski definition) is 5. The van der Waals surface area contributed by atoms with Crippen LogP contribution in [0.4, 0.5) is 5.69 Å². The number of piperazine rings is 1. The molecule has 2 aliphatic heterocycles. The Morgan fingerprint density at radius 3 is 2.75 bits per heavy atom. The number of hydrogen-bond donors (Lipinski definition) is 0. The standard InChI is InChI=1S/C24H20N4O3S/c1-31-21-8-7-16(15-5-3-2-4-6-15)11-19(21)28-17-12-20(23(28)30)27(13-17)22(29)18-14-26-9-10-32-24(26)25-18/h2-11,14,17,20H,12-13H2,1H3/t17-,20-/m0/s1. The van der Waals surface area contributed by atoms with Gasteiger partial charge < -0.3 is 14.5 Å². The van der Waals surface area contributed by atoms with Crippen molar-refractivity contribution < 1.29 is 14.3 Å². The van der Waals surface area contributed by atoms with E-state index in [9.17, 15) is 9.59 Å². The largest absolute Gasteiger partial charge is 0.495 e. The Balaban J connectivity index is 1.30. The second-order valence-electron chi connectivity index (χ2n) is 8.04. The van der Waals surface area contributed by atoms with Crippen molar-refractivity contribution in [2.75, 3.05) is 18.6 Å². The van der Waals surface area contributed by atoms with Crippen molar-refractivity contribution in [2.45, 2.75) is 18.5 Å². The van der Waals surface area contributed by atoms with Crippen LogP contribution >= 0.6 is 11.3 Å². The number of methoxy groups -OCH3 is 1. The maximum absolute atomic E-state index is 13.4. The number of rotatable bonds is 4. The van der Waals surface area contributed by atoms with E-state index in [1.54, 1.807) is 18.2 Å². The third kappa shape index (κ3) is 2.83. The highest BCUT2D eigenvalue weighted by Crippen LogP contribution is 2.42. The molecule has 0 spiro atoms. The molecule has 0 N–H and O–H groups in total. The van der Waals surface area contributed by atoms with Crippen molar-refractivity contribution in [3.63, 3.8) is 0 Å². The molecule has 160 valence electrons. The van der Waals surface area contributed by atoms with Gasteiger partial charge in [-0.1, -0.05) is 36.4 Å². The number of benzene rings is 2. The minimum atomic E-state index is -0.475. The molecule has 4 aromatic rings. The highest BCUT2D eigenvalue weighted by atomic mass is 32.1. The highest BCUT2D eigenvalue weighted by molar-refractivity contribution is 7.15. The van der Waals surface area contributed by atoms with Crippen LogP contribution in [0, 0.1) is 0 Å². The van der Waals surface area contributed by atoms with Crippen LogP contribution in [-0.2, 0) is 4.79 Å². The molecule has 2 atom stereocenters. The van der Waals surface area contributed by atoms with Crippen LogP contribution in [0.1, 0.15) is 16.9 Å². The lowest BCUT2D eigenvalue weighted by atomic mass is 10.0. The van der Waals surface area contributed by atoms with Gasteiger partial charge in [-0.05, 0) is 29.7 Å². The lowest BCUT2D eigenvalue weighted by molar-refractivity contribution is -0.121. The summed E-state index contributed by atoms with van der Waals surface area (Å²) >= 11 is 1.48. The highest BCUT2D eigenvalue weighted by Gasteiger charge is 2.52. The fourth-order valence-electron chi connectivity index (χ4n) is 4.78. The number of likely N-dealkylation sites (tertiary alicyclic amines) is 1. The number of ether oxygens (including phenoxy) is 1. The fraction of sp³-hybridized carbons (Fsp3) is 0.208. The summed E-state index contributed by atoms with van der Waals surface area (Å²) in [5.41, 5.74) is 3.22. The lowest BCUT2D eigenvalue weighted by Gasteiger charge is -2.34. The molecule has 4 heterocycles. The second-order valence-corrected chi connectivity index (χ2v) is 8.92. The first-order valence-electron chi connectivity index (χ1n) is 10.4. The van der Waals surface area contributed by atoms with Gasteiger partial charge in [-0.25, -0.2) is 4.98 Å². The summed E-state index contributed by atoms with van der Waals surface area (Å²) in [7, 11) is 1.61. The summed E-state index contributed by atoms with van der Waals surface area (Å²) in [5.74, 6) is 0.392. The molecular weight excluding hydrogens is 424 g/mol. The van der Waals surface area contributed by atoms with Gasteiger partial charge >= 0.3 is 0 Å².